The molecule has 2 aromatic heterocycles. The summed E-state index contributed by atoms with van der Waals surface area (Å²) in [6.07, 6.45) is 2.45. The van der Waals surface area contributed by atoms with Crippen molar-refractivity contribution in [3.63, 3.8) is 0 Å². The zero-order valence-electron chi connectivity index (χ0n) is 13.1. The van der Waals surface area contributed by atoms with Crippen LogP contribution in [0.15, 0.2) is 16.7 Å². The monoisotopic (exact) mass is 307 g/mol. The Morgan fingerprint density at radius 2 is 2.10 bits per heavy atom. The van der Waals surface area contributed by atoms with Gasteiger partial charge in [0.1, 0.15) is 16.2 Å². The molecule has 2 aromatic rings. The minimum atomic E-state index is -0.535. The van der Waals surface area contributed by atoms with Gasteiger partial charge in [0.25, 0.3) is 0 Å². The predicted octanol–water partition coefficient (Wildman–Crippen LogP) is 4.42. The molecule has 0 radical (unpaired) electrons. The molecule has 0 saturated carbocycles. The number of nitrogen functional groups attached to an aromatic ring is 1. The van der Waals surface area contributed by atoms with Crippen LogP contribution in [0.1, 0.15) is 48.7 Å². The minimum absolute atomic E-state index is 0.369. The highest BCUT2D eigenvalue weighted by Gasteiger charge is 2.25. The van der Waals surface area contributed by atoms with Crippen LogP contribution < -0.4 is 5.73 Å². The third-order valence-electron chi connectivity index (χ3n) is 2.98. The first-order valence-corrected chi connectivity index (χ1v) is 7.74. The molecule has 0 saturated heterocycles. The van der Waals surface area contributed by atoms with Crippen LogP contribution in [-0.2, 0) is 11.2 Å². The predicted molar refractivity (Wildman–Crippen MR) is 85.7 cm³/mol. The molecule has 0 unspecified atom stereocenters. The number of hydrogen-bond acceptors (Lipinski definition) is 5. The van der Waals surface area contributed by atoms with Crippen LogP contribution in [0.3, 0.4) is 0 Å². The Morgan fingerprint density at radius 3 is 2.57 bits per heavy atom. The molecule has 0 aliphatic carbocycles. The van der Waals surface area contributed by atoms with Crippen LogP contribution in [0.4, 0.5) is 5.69 Å². The molecule has 2 rings (SSSR count). The number of furan rings is 1. The number of rotatable bonds is 3. The van der Waals surface area contributed by atoms with Gasteiger partial charge in [0, 0.05) is 10.4 Å². The number of esters is 1. The van der Waals surface area contributed by atoms with Gasteiger partial charge in [-0.15, -0.1) is 11.3 Å². The Balaban J connectivity index is 2.45. The van der Waals surface area contributed by atoms with Gasteiger partial charge in [-0.05, 0) is 45.7 Å². The average Bonchev–Trinajstić information content (AvgIpc) is 2.90. The molecule has 5 heteroatoms. The standard InChI is InChI=1S/C16H21NO3S/c1-6-11-12(17)14(15(18)20-16(3,4)5)21-13(11)10-7-9(2)19-8-10/h7-8H,6,17H2,1-5H3. The Kier molecular flexibility index (Phi) is 4.14. The highest BCUT2D eigenvalue weighted by Crippen LogP contribution is 2.40. The molecule has 2 N–H and O–H groups in total. The lowest BCUT2D eigenvalue weighted by Gasteiger charge is -2.19. The van der Waals surface area contributed by atoms with Gasteiger partial charge < -0.3 is 14.9 Å². The SMILES string of the molecule is CCc1c(-c2coc(C)c2)sc(C(=O)OC(C)(C)C)c1N. The summed E-state index contributed by atoms with van der Waals surface area (Å²) in [7, 11) is 0. The fourth-order valence-electron chi connectivity index (χ4n) is 2.10. The van der Waals surface area contributed by atoms with E-state index in [9.17, 15) is 4.79 Å². The first-order chi connectivity index (χ1) is 9.73. The fourth-order valence-corrected chi connectivity index (χ4v) is 3.27. The van der Waals surface area contributed by atoms with E-state index in [0.717, 1.165) is 28.2 Å². The van der Waals surface area contributed by atoms with Crippen LogP contribution in [0.2, 0.25) is 0 Å². The number of carbonyl (C=O) groups is 1. The molecule has 0 aliphatic rings. The average molecular weight is 307 g/mol. The zero-order valence-corrected chi connectivity index (χ0v) is 13.9. The quantitative estimate of drug-likeness (QED) is 0.853. The smallest absolute Gasteiger partial charge is 0.351 e. The van der Waals surface area contributed by atoms with Crippen molar-refractivity contribution in [3.8, 4) is 10.4 Å². The van der Waals surface area contributed by atoms with E-state index < -0.39 is 5.60 Å². The maximum Gasteiger partial charge on any atom is 0.351 e. The van der Waals surface area contributed by atoms with Gasteiger partial charge in [-0.3, -0.25) is 0 Å². The number of ether oxygens (including phenoxy) is 1. The van der Waals surface area contributed by atoms with Gasteiger partial charge in [0.05, 0.1) is 12.0 Å². The van der Waals surface area contributed by atoms with Crippen molar-refractivity contribution in [2.24, 2.45) is 0 Å². The molecule has 2 heterocycles. The maximum atomic E-state index is 12.3. The van der Waals surface area contributed by atoms with Crippen LogP contribution >= 0.6 is 11.3 Å². The first-order valence-electron chi connectivity index (χ1n) is 6.93. The summed E-state index contributed by atoms with van der Waals surface area (Å²) in [5.74, 6) is 0.462. The Bertz CT molecular complexity index is 662. The van der Waals surface area contributed by atoms with E-state index >= 15 is 0 Å². The molecule has 0 bridgehead atoms. The van der Waals surface area contributed by atoms with E-state index in [2.05, 4.69) is 0 Å². The first kappa shape index (κ1) is 15.6. The van der Waals surface area contributed by atoms with E-state index in [4.69, 9.17) is 14.9 Å². The van der Waals surface area contributed by atoms with Crippen LogP contribution in [0.25, 0.3) is 10.4 Å². The molecule has 4 nitrogen and oxygen atoms in total. The summed E-state index contributed by atoms with van der Waals surface area (Å²) in [5, 5.41) is 0. The van der Waals surface area contributed by atoms with Gasteiger partial charge in [0.15, 0.2) is 0 Å². The molecule has 0 aromatic carbocycles. The normalized spacial score (nSPS) is 11.7. The Hall–Kier alpha value is -1.75. The third kappa shape index (κ3) is 3.29. The topological polar surface area (TPSA) is 65.5 Å². The van der Waals surface area contributed by atoms with Crippen LogP contribution in [0.5, 0.6) is 0 Å². The summed E-state index contributed by atoms with van der Waals surface area (Å²) in [4.78, 5) is 13.7. The van der Waals surface area contributed by atoms with Gasteiger partial charge >= 0.3 is 5.97 Å². The van der Waals surface area contributed by atoms with Gasteiger partial charge in [-0.25, -0.2) is 4.79 Å². The lowest BCUT2D eigenvalue weighted by molar-refractivity contribution is 0.00763. The lowest BCUT2D eigenvalue weighted by Crippen LogP contribution is -2.23. The molecular weight excluding hydrogens is 286 g/mol. The molecule has 0 spiro atoms. The van der Waals surface area contributed by atoms with Crippen molar-refractivity contribution in [1.82, 2.24) is 0 Å². The van der Waals surface area contributed by atoms with Crippen molar-refractivity contribution in [1.29, 1.82) is 0 Å². The second kappa shape index (κ2) is 5.56. The van der Waals surface area contributed by atoms with Crippen molar-refractivity contribution in [3.05, 3.63) is 28.5 Å². The van der Waals surface area contributed by atoms with Crippen molar-refractivity contribution in [2.45, 2.75) is 46.6 Å². The lowest BCUT2D eigenvalue weighted by atomic mass is 10.1. The van der Waals surface area contributed by atoms with Crippen molar-refractivity contribution >= 4 is 23.0 Å². The largest absolute Gasteiger partial charge is 0.469 e. The van der Waals surface area contributed by atoms with Crippen LogP contribution in [0, 0.1) is 6.92 Å². The van der Waals surface area contributed by atoms with Gasteiger partial charge in [-0.2, -0.15) is 0 Å². The fraction of sp³-hybridized carbons (Fsp3) is 0.438. The van der Waals surface area contributed by atoms with E-state index in [1.54, 1.807) is 6.26 Å². The van der Waals surface area contributed by atoms with E-state index in [-0.39, 0.29) is 5.97 Å². The summed E-state index contributed by atoms with van der Waals surface area (Å²) in [6, 6.07) is 1.95. The zero-order chi connectivity index (χ0) is 15.8. The van der Waals surface area contributed by atoms with Crippen molar-refractivity contribution < 1.29 is 13.9 Å². The highest BCUT2D eigenvalue weighted by molar-refractivity contribution is 7.18. The number of anilines is 1. The van der Waals surface area contributed by atoms with Gasteiger partial charge in [-0.1, -0.05) is 6.92 Å². The highest BCUT2D eigenvalue weighted by atomic mass is 32.1. The minimum Gasteiger partial charge on any atom is -0.469 e. The van der Waals surface area contributed by atoms with E-state index in [0.29, 0.717) is 10.6 Å². The van der Waals surface area contributed by atoms with Crippen LogP contribution in [-0.4, -0.2) is 11.6 Å². The second-order valence-electron chi connectivity index (χ2n) is 5.95. The van der Waals surface area contributed by atoms with Crippen molar-refractivity contribution in [2.75, 3.05) is 5.73 Å². The summed E-state index contributed by atoms with van der Waals surface area (Å²) in [6.45, 7) is 9.44. The molecule has 0 atom stereocenters. The summed E-state index contributed by atoms with van der Waals surface area (Å²) >= 11 is 1.37. The molecule has 0 fully saturated rings. The maximum absolute atomic E-state index is 12.3. The summed E-state index contributed by atoms with van der Waals surface area (Å²) < 4.78 is 10.8. The molecule has 0 aliphatic heterocycles. The Morgan fingerprint density at radius 1 is 1.43 bits per heavy atom. The van der Waals surface area contributed by atoms with E-state index in [1.165, 1.54) is 11.3 Å². The number of aryl methyl sites for hydroxylation is 1. The summed E-state index contributed by atoms with van der Waals surface area (Å²) in [5.41, 5.74) is 8.07. The van der Waals surface area contributed by atoms with Gasteiger partial charge in [0.2, 0.25) is 0 Å². The molecular formula is C16H21NO3S. The third-order valence-corrected chi connectivity index (χ3v) is 4.26. The Labute approximate surface area is 128 Å². The molecule has 0 amide bonds. The van der Waals surface area contributed by atoms with E-state index in [1.807, 2.05) is 40.7 Å². The number of thiophene rings is 1. The number of carbonyl (C=O) groups excluding carboxylic acids is 1. The molecule has 114 valence electrons. The second-order valence-corrected chi connectivity index (χ2v) is 6.97. The number of hydrogen-bond donors (Lipinski definition) is 1. The molecule has 21 heavy (non-hydrogen) atoms. The number of nitrogens with two attached hydrogens (primary N) is 1.